The third-order valence-electron chi connectivity index (χ3n) is 2.09. The van der Waals surface area contributed by atoms with Crippen molar-refractivity contribution in [2.45, 2.75) is 13.3 Å². The quantitative estimate of drug-likeness (QED) is 0.502. The summed E-state index contributed by atoms with van der Waals surface area (Å²) in [7, 11) is 0. The van der Waals surface area contributed by atoms with Crippen molar-refractivity contribution in [3.05, 3.63) is 24.8 Å². The van der Waals surface area contributed by atoms with E-state index in [4.69, 9.17) is 4.74 Å². The Morgan fingerprint density at radius 1 is 1.64 bits per heavy atom. The maximum absolute atomic E-state index is 10.5. The Balaban J connectivity index is 2.16. The molecule has 0 saturated heterocycles. The van der Waals surface area contributed by atoms with E-state index in [1.807, 2.05) is 6.08 Å². The highest BCUT2D eigenvalue weighted by atomic mass is 16.5. The first-order valence-electron chi connectivity index (χ1n) is 4.66. The molecule has 1 saturated carbocycles. The molecule has 0 unspecified atom stereocenters. The lowest BCUT2D eigenvalue weighted by Crippen LogP contribution is -2.02. The standard InChI is InChI=1S/C12H14O2/c1-3-4-5-6-7-11-8-12(11)9-14-10(2)13/h3,6-7,11-12H,1,8-9H2,2H3/b7-6+/t11-,12-/m1/s1. The summed E-state index contributed by atoms with van der Waals surface area (Å²) < 4.78 is 4.90. The molecule has 0 aromatic rings. The van der Waals surface area contributed by atoms with Crippen LogP contribution in [0.25, 0.3) is 0 Å². The smallest absolute Gasteiger partial charge is 0.302 e. The average molecular weight is 190 g/mol. The van der Waals surface area contributed by atoms with E-state index in [0.717, 1.165) is 6.42 Å². The van der Waals surface area contributed by atoms with Crippen LogP contribution in [-0.2, 0) is 9.53 Å². The van der Waals surface area contributed by atoms with Crippen molar-refractivity contribution in [1.29, 1.82) is 0 Å². The van der Waals surface area contributed by atoms with Crippen molar-refractivity contribution >= 4 is 5.97 Å². The molecule has 14 heavy (non-hydrogen) atoms. The molecule has 1 rings (SSSR count). The van der Waals surface area contributed by atoms with Crippen LogP contribution in [0.15, 0.2) is 24.8 Å². The third-order valence-corrected chi connectivity index (χ3v) is 2.09. The highest BCUT2D eigenvalue weighted by Crippen LogP contribution is 2.39. The van der Waals surface area contributed by atoms with E-state index in [9.17, 15) is 4.79 Å². The van der Waals surface area contributed by atoms with E-state index in [1.165, 1.54) is 6.92 Å². The Bertz CT molecular complexity index is 304. The molecule has 1 aliphatic carbocycles. The number of carbonyl (C=O) groups is 1. The Morgan fingerprint density at radius 3 is 3.07 bits per heavy atom. The number of carbonyl (C=O) groups excluding carboxylic acids is 1. The fraction of sp³-hybridized carbons (Fsp3) is 0.417. The summed E-state index contributed by atoms with van der Waals surface area (Å²) in [6, 6.07) is 0. The summed E-state index contributed by atoms with van der Waals surface area (Å²) in [5.41, 5.74) is 0. The van der Waals surface area contributed by atoms with Gasteiger partial charge in [-0.2, -0.15) is 0 Å². The number of hydrogen-bond donors (Lipinski definition) is 0. The normalized spacial score (nSPS) is 23.8. The molecule has 2 heteroatoms. The molecule has 1 fully saturated rings. The Morgan fingerprint density at radius 2 is 2.43 bits per heavy atom. The molecule has 0 aromatic heterocycles. The number of allylic oxidation sites excluding steroid dienone is 3. The first-order valence-corrected chi connectivity index (χ1v) is 4.66. The van der Waals surface area contributed by atoms with Crippen LogP contribution in [0.3, 0.4) is 0 Å². The topological polar surface area (TPSA) is 26.3 Å². The Kier molecular flexibility index (Phi) is 4.00. The maximum atomic E-state index is 10.5. The van der Waals surface area contributed by atoms with Crippen LogP contribution in [0.2, 0.25) is 0 Å². The number of rotatable bonds is 3. The first-order chi connectivity index (χ1) is 6.74. The molecule has 2 atom stereocenters. The van der Waals surface area contributed by atoms with E-state index in [-0.39, 0.29) is 5.97 Å². The summed E-state index contributed by atoms with van der Waals surface area (Å²) in [5.74, 6) is 6.41. The van der Waals surface area contributed by atoms with E-state index in [0.29, 0.717) is 18.4 Å². The summed E-state index contributed by atoms with van der Waals surface area (Å²) in [4.78, 5) is 10.5. The monoisotopic (exact) mass is 190 g/mol. The van der Waals surface area contributed by atoms with Crippen LogP contribution in [0.4, 0.5) is 0 Å². The molecular formula is C12H14O2. The van der Waals surface area contributed by atoms with Gasteiger partial charge in [-0.25, -0.2) is 0 Å². The third kappa shape index (κ3) is 3.95. The fourth-order valence-corrected chi connectivity index (χ4v) is 1.20. The van der Waals surface area contributed by atoms with Crippen LogP contribution in [-0.4, -0.2) is 12.6 Å². The predicted octanol–water partition coefficient (Wildman–Crippen LogP) is 1.93. The molecule has 0 N–H and O–H groups in total. The van der Waals surface area contributed by atoms with Crippen molar-refractivity contribution in [1.82, 2.24) is 0 Å². The minimum absolute atomic E-state index is 0.203. The van der Waals surface area contributed by atoms with Gasteiger partial charge in [-0.3, -0.25) is 4.79 Å². The van der Waals surface area contributed by atoms with Crippen molar-refractivity contribution < 1.29 is 9.53 Å². The van der Waals surface area contributed by atoms with Gasteiger partial charge in [0.05, 0.1) is 6.61 Å². The largest absolute Gasteiger partial charge is 0.466 e. The van der Waals surface area contributed by atoms with Crippen LogP contribution >= 0.6 is 0 Å². The number of esters is 1. The molecule has 0 bridgehead atoms. The van der Waals surface area contributed by atoms with E-state index >= 15 is 0 Å². The molecule has 0 radical (unpaired) electrons. The van der Waals surface area contributed by atoms with Gasteiger partial charge < -0.3 is 4.74 Å². The molecular weight excluding hydrogens is 176 g/mol. The zero-order chi connectivity index (χ0) is 10.4. The van der Waals surface area contributed by atoms with Crippen molar-refractivity contribution in [2.75, 3.05) is 6.61 Å². The van der Waals surface area contributed by atoms with Gasteiger partial charge in [0.2, 0.25) is 0 Å². The Labute approximate surface area is 84.6 Å². The van der Waals surface area contributed by atoms with Gasteiger partial charge in [0.1, 0.15) is 0 Å². The van der Waals surface area contributed by atoms with Crippen molar-refractivity contribution in [3.8, 4) is 11.8 Å². The molecule has 74 valence electrons. The van der Waals surface area contributed by atoms with E-state index in [2.05, 4.69) is 24.5 Å². The molecule has 0 spiro atoms. The summed E-state index contributed by atoms with van der Waals surface area (Å²) in [5, 5.41) is 0. The van der Waals surface area contributed by atoms with Crippen LogP contribution in [0.5, 0.6) is 0 Å². The maximum Gasteiger partial charge on any atom is 0.302 e. The molecule has 2 nitrogen and oxygen atoms in total. The van der Waals surface area contributed by atoms with Crippen LogP contribution in [0, 0.1) is 23.7 Å². The molecule has 1 aliphatic rings. The van der Waals surface area contributed by atoms with Gasteiger partial charge in [0.15, 0.2) is 0 Å². The lowest BCUT2D eigenvalue weighted by atomic mass is 10.3. The van der Waals surface area contributed by atoms with Gasteiger partial charge >= 0.3 is 5.97 Å². The summed E-state index contributed by atoms with van der Waals surface area (Å²) >= 11 is 0. The number of ether oxygens (including phenoxy) is 1. The van der Waals surface area contributed by atoms with Crippen molar-refractivity contribution in [2.24, 2.45) is 11.8 Å². The second-order valence-electron chi connectivity index (χ2n) is 3.31. The van der Waals surface area contributed by atoms with Gasteiger partial charge in [0, 0.05) is 6.92 Å². The molecule has 0 aromatic carbocycles. The van der Waals surface area contributed by atoms with E-state index < -0.39 is 0 Å². The molecule has 0 heterocycles. The van der Waals surface area contributed by atoms with Crippen LogP contribution in [0.1, 0.15) is 13.3 Å². The SMILES string of the molecule is C=CC#C/C=C/[C@@H]1C[C@@H]1COC(C)=O. The van der Waals surface area contributed by atoms with Gasteiger partial charge in [-0.1, -0.05) is 24.5 Å². The molecule has 0 amide bonds. The van der Waals surface area contributed by atoms with Crippen molar-refractivity contribution in [3.63, 3.8) is 0 Å². The molecule has 0 aliphatic heterocycles. The highest BCUT2D eigenvalue weighted by Gasteiger charge is 2.35. The fourth-order valence-electron chi connectivity index (χ4n) is 1.20. The second kappa shape index (κ2) is 5.29. The summed E-state index contributed by atoms with van der Waals surface area (Å²) in [6.07, 6.45) is 6.55. The van der Waals surface area contributed by atoms with Gasteiger partial charge in [0.25, 0.3) is 0 Å². The number of hydrogen-bond acceptors (Lipinski definition) is 2. The van der Waals surface area contributed by atoms with Gasteiger partial charge in [-0.15, -0.1) is 0 Å². The first kappa shape index (κ1) is 10.6. The lowest BCUT2D eigenvalue weighted by Gasteiger charge is -1.97. The zero-order valence-corrected chi connectivity index (χ0v) is 8.32. The minimum Gasteiger partial charge on any atom is -0.466 e. The second-order valence-corrected chi connectivity index (χ2v) is 3.31. The minimum atomic E-state index is -0.203. The highest BCUT2D eigenvalue weighted by molar-refractivity contribution is 5.65. The predicted molar refractivity (Wildman–Crippen MR) is 55.3 cm³/mol. The lowest BCUT2D eigenvalue weighted by molar-refractivity contribution is -0.141. The Hall–Kier alpha value is -1.49. The zero-order valence-electron chi connectivity index (χ0n) is 8.32. The van der Waals surface area contributed by atoms with E-state index in [1.54, 1.807) is 6.08 Å². The average Bonchev–Trinajstić information content (AvgIpc) is 2.88. The van der Waals surface area contributed by atoms with Gasteiger partial charge in [-0.05, 0) is 30.4 Å². The van der Waals surface area contributed by atoms with Crippen LogP contribution < -0.4 is 0 Å². The summed E-state index contributed by atoms with van der Waals surface area (Å²) in [6.45, 7) is 5.47.